The molecule has 0 spiro atoms. The summed E-state index contributed by atoms with van der Waals surface area (Å²) in [6, 6.07) is 2.76. The van der Waals surface area contributed by atoms with Crippen molar-refractivity contribution in [1.82, 2.24) is 9.97 Å². The normalized spacial score (nSPS) is 16.1. The highest BCUT2D eigenvalue weighted by Crippen LogP contribution is 2.35. The minimum atomic E-state index is -2.77. The Hall–Kier alpha value is -3.05. The summed E-state index contributed by atoms with van der Waals surface area (Å²) in [5.74, 6) is 5.81. The van der Waals surface area contributed by atoms with Crippen molar-refractivity contribution < 1.29 is 27.8 Å². The molecule has 1 aliphatic rings. The lowest BCUT2D eigenvalue weighted by Gasteiger charge is -2.16. The van der Waals surface area contributed by atoms with Gasteiger partial charge >= 0.3 is 5.97 Å². The predicted octanol–water partition coefficient (Wildman–Crippen LogP) is 3.65. The summed E-state index contributed by atoms with van der Waals surface area (Å²) in [7, 11) is 2.63. The molecule has 0 N–H and O–H groups in total. The largest absolute Gasteiger partial charge is 0.494 e. The number of carbonyl (C=O) groups is 1. The molecule has 0 saturated carbocycles. The Morgan fingerprint density at radius 1 is 1.24 bits per heavy atom. The van der Waals surface area contributed by atoms with E-state index in [1.54, 1.807) is 6.07 Å². The number of ether oxygens (including phenoxy) is 3. The quantitative estimate of drug-likeness (QED) is 0.574. The van der Waals surface area contributed by atoms with Gasteiger partial charge in [-0.2, -0.15) is 0 Å². The van der Waals surface area contributed by atoms with E-state index in [-0.39, 0.29) is 22.8 Å². The maximum absolute atomic E-state index is 13.2. The molecule has 0 radical (unpaired) electrons. The number of hydrogen-bond donors (Lipinski definition) is 0. The van der Waals surface area contributed by atoms with Crippen LogP contribution >= 0.6 is 0 Å². The first-order chi connectivity index (χ1) is 14.0. The van der Waals surface area contributed by atoms with E-state index in [9.17, 15) is 13.6 Å². The van der Waals surface area contributed by atoms with E-state index >= 15 is 0 Å². The summed E-state index contributed by atoms with van der Waals surface area (Å²) in [5.41, 5.74) is 0.696. The average molecular weight is 402 g/mol. The summed E-state index contributed by atoms with van der Waals surface area (Å²) >= 11 is 0. The van der Waals surface area contributed by atoms with Crippen molar-refractivity contribution in [3.8, 4) is 28.7 Å². The first kappa shape index (κ1) is 20.7. The van der Waals surface area contributed by atoms with Crippen LogP contribution in [0.4, 0.5) is 8.78 Å². The Bertz CT molecular complexity index is 947. The highest BCUT2D eigenvalue weighted by molar-refractivity contribution is 5.98. The van der Waals surface area contributed by atoms with Crippen LogP contribution < -0.4 is 4.74 Å². The van der Waals surface area contributed by atoms with Gasteiger partial charge in [-0.3, -0.25) is 4.98 Å². The second-order valence-electron chi connectivity index (χ2n) is 6.40. The fourth-order valence-electron chi connectivity index (χ4n) is 3.00. The molecular formula is C21H20F2N2O4. The summed E-state index contributed by atoms with van der Waals surface area (Å²) in [5, 5.41) is 0. The molecule has 1 aliphatic heterocycles. The topological polar surface area (TPSA) is 70.5 Å². The second kappa shape index (κ2) is 9.43. The average Bonchev–Trinajstić information content (AvgIpc) is 2.77. The summed E-state index contributed by atoms with van der Waals surface area (Å²) in [6.07, 6.45) is 1.64. The van der Waals surface area contributed by atoms with Crippen molar-refractivity contribution in [3.05, 3.63) is 41.5 Å². The molecule has 0 amide bonds. The predicted molar refractivity (Wildman–Crippen MR) is 101 cm³/mol. The van der Waals surface area contributed by atoms with Crippen LogP contribution in [0.1, 0.15) is 41.0 Å². The fraction of sp³-hybridized carbons (Fsp3) is 0.381. The van der Waals surface area contributed by atoms with Crippen molar-refractivity contribution in [2.24, 2.45) is 5.92 Å². The third-order valence-corrected chi connectivity index (χ3v) is 4.50. The number of aromatic nitrogens is 2. The van der Waals surface area contributed by atoms with Crippen LogP contribution in [0.5, 0.6) is 5.75 Å². The maximum atomic E-state index is 13.2. The van der Waals surface area contributed by atoms with E-state index in [4.69, 9.17) is 14.2 Å². The number of carbonyl (C=O) groups excluding carboxylic acids is 1. The summed E-state index contributed by atoms with van der Waals surface area (Å²) in [6.45, 7) is 1.30. The zero-order valence-electron chi connectivity index (χ0n) is 16.1. The molecule has 152 valence electrons. The van der Waals surface area contributed by atoms with E-state index in [0.717, 1.165) is 19.4 Å². The third-order valence-electron chi connectivity index (χ3n) is 4.50. The molecule has 6 nitrogen and oxygen atoms in total. The van der Waals surface area contributed by atoms with Crippen LogP contribution in [0.15, 0.2) is 24.5 Å². The Balaban J connectivity index is 2.09. The number of hydrogen-bond acceptors (Lipinski definition) is 6. The lowest BCUT2D eigenvalue weighted by molar-refractivity contribution is 0.0601. The molecule has 29 heavy (non-hydrogen) atoms. The molecule has 0 aliphatic carbocycles. The highest BCUT2D eigenvalue weighted by Gasteiger charge is 2.21. The number of methoxy groups -OCH3 is 2. The van der Waals surface area contributed by atoms with Gasteiger partial charge in [0.25, 0.3) is 6.43 Å². The number of alkyl halides is 2. The van der Waals surface area contributed by atoms with Crippen LogP contribution in [0.25, 0.3) is 11.1 Å². The van der Waals surface area contributed by atoms with Gasteiger partial charge in [0.05, 0.1) is 32.6 Å². The lowest BCUT2D eigenvalue weighted by atomic mass is 9.99. The second-order valence-corrected chi connectivity index (χ2v) is 6.40. The maximum Gasteiger partial charge on any atom is 0.340 e. The van der Waals surface area contributed by atoms with E-state index in [1.165, 1.54) is 32.7 Å². The van der Waals surface area contributed by atoms with Gasteiger partial charge in [0, 0.05) is 29.8 Å². The number of esters is 1. The Morgan fingerprint density at radius 2 is 2.07 bits per heavy atom. The monoisotopic (exact) mass is 402 g/mol. The zero-order valence-corrected chi connectivity index (χ0v) is 16.1. The van der Waals surface area contributed by atoms with Crippen molar-refractivity contribution >= 4 is 5.97 Å². The summed E-state index contributed by atoms with van der Waals surface area (Å²) in [4.78, 5) is 20.1. The van der Waals surface area contributed by atoms with Gasteiger partial charge in [-0.25, -0.2) is 18.6 Å². The van der Waals surface area contributed by atoms with Gasteiger partial charge in [0.1, 0.15) is 17.1 Å². The number of rotatable bonds is 4. The molecular weight excluding hydrogens is 382 g/mol. The third kappa shape index (κ3) is 4.87. The van der Waals surface area contributed by atoms with Gasteiger partial charge in [0.15, 0.2) is 0 Å². The first-order valence-electron chi connectivity index (χ1n) is 9.03. The Kier molecular flexibility index (Phi) is 6.73. The van der Waals surface area contributed by atoms with Crippen LogP contribution in [-0.4, -0.2) is 43.4 Å². The highest BCUT2D eigenvalue weighted by atomic mass is 19.3. The van der Waals surface area contributed by atoms with Crippen molar-refractivity contribution in [3.63, 3.8) is 0 Å². The minimum Gasteiger partial charge on any atom is -0.494 e. The van der Waals surface area contributed by atoms with Crippen LogP contribution in [0, 0.1) is 17.8 Å². The molecule has 0 aromatic carbocycles. The van der Waals surface area contributed by atoms with Crippen LogP contribution in [0.3, 0.4) is 0 Å². The first-order valence-corrected chi connectivity index (χ1v) is 9.03. The molecule has 1 unspecified atom stereocenters. The molecule has 1 fully saturated rings. The molecule has 1 atom stereocenters. The number of halogens is 2. The van der Waals surface area contributed by atoms with Gasteiger partial charge < -0.3 is 14.2 Å². The van der Waals surface area contributed by atoms with Gasteiger partial charge in [-0.1, -0.05) is 5.92 Å². The molecule has 3 rings (SSSR count). The van der Waals surface area contributed by atoms with Gasteiger partial charge in [-0.15, -0.1) is 0 Å². The molecule has 2 aromatic heterocycles. The standard InChI is InChI=1S/C21H20F2N2O4/c1-27-19-11-25-18(20(22)23)9-16(19)15-8-14(24-10-17(15)21(26)28-2)6-5-13-4-3-7-29-12-13/h8-11,13,20H,3-4,7,12H2,1-2H3. The van der Waals surface area contributed by atoms with Crippen molar-refractivity contribution in [2.45, 2.75) is 19.3 Å². The fourth-order valence-corrected chi connectivity index (χ4v) is 3.00. The Labute approximate surface area is 167 Å². The zero-order chi connectivity index (χ0) is 20.8. The molecule has 2 aromatic rings. The smallest absolute Gasteiger partial charge is 0.340 e. The number of nitrogens with zero attached hydrogens (tertiary/aromatic N) is 2. The molecule has 0 bridgehead atoms. The molecule has 1 saturated heterocycles. The van der Waals surface area contributed by atoms with E-state index in [0.29, 0.717) is 17.9 Å². The summed E-state index contributed by atoms with van der Waals surface area (Å²) < 4.78 is 41.9. The van der Waals surface area contributed by atoms with Gasteiger partial charge in [-0.05, 0) is 30.9 Å². The van der Waals surface area contributed by atoms with E-state index < -0.39 is 18.1 Å². The minimum absolute atomic E-state index is 0.107. The Morgan fingerprint density at radius 3 is 2.72 bits per heavy atom. The van der Waals surface area contributed by atoms with Crippen molar-refractivity contribution in [2.75, 3.05) is 27.4 Å². The van der Waals surface area contributed by atoms with Crippen molar-refractivity contribution in [1.29, 1.82) is 0 Å². The van der Waals surface area contributed by atoms with Crippen LogP contribution in [-0.2, 0) is 9.47 Å². The van der Waals surface area contributed by atoms with Crippen LogP contribution in [0.2, 0.25) is 0 Å². The van der Waals surface area contributed by atoms with E-state index in [2.05, 4.69) is 21.8 Å². The lowest BCUT2D eigenvalue weighted by Crippen LogP contribution is -2.15. The SMILES string of the molecule is COC(=O)c1cnc(C#CC2CCCOC2)cc1-c1cc(C(F)F)ncc1OC. The van der Waals surface area contributed by atoms with E-state index in [1.807, 2.05) is 0 Å². The number of pyridine rings is 2. The molecule has 8 heteroatoms. The molecule has 3 heterocycles. The van der Waals surface area contributed by atoms with Gasteiger partial charge in [0.2, 0.25) is 0 Å².